The van der Waals surface area contributed by atoms with Crippen LogP contribution in [0.4, 0.5) is 14.5 Å². The van der Waals surface area contributed by atoms with Crippen LogP contribution in [0.25, 0.3) is 0 Å². The van der Waals surface area contributed by atoms with Crippen LogP contribution in [0.3, 0.4) is 0 Å². The molecule has 1 aliphatic rings. The molecule has 0 saturated carbocycles. The summed E-state index contributed by atoms with van der Waals surface area (Å²) in [6.45, 7) is 2.89. The molecule has 6 heteroatoms. The summed E-state index contributed by atoms with van der Waals surface area (Å²) in [5, 5.41) is 2.94. The third kappa shape index (κ3) is 5.40. The molecule has 0 atom stereocenters. The van der Waals surface area contributed by atoms with Gasteiger partial charge in [-0.25, -0.2) is 8.78 Å². The van der Waals surface area contributed by atoms with Crippen LogP contribution < -0.4 is 5.32 Å². The fourth-order valence-corrected chi connectivity index (χ4v) is 3.56. The van der Waals surface area contributed by atoms with Crippen molar-refractivity contribution in [1.82, 2.24) is 4.90 Å². The molecule has 2 aromatic carbocycles. The number of amides is 2. The fourth-order valence-electron chi connectivity index (χ4n) is 3.56. The summed E-state index contributed by atoms with van der Waals surface area (Å²) >= 11 is 0. The average molecular weight is 400 g/mol. The highest BCUT2D eigenvalue weighted by Crippen LogP contribution is 2.22. The maximum absolute atomic E-state index is 13.8. The molecule has 2 amide bonds. The number of likely N-dealkylation sites (tertiary alicyclic amines) is 1. The van der Waals surface area contributed by atoms with E-state index in [4.69, 9.17) is 0 Å². The van der Waals surface area contributed by atoms with Crippen molar-refractivity contribution in [1.29, 1.82) is 0 Å². The Bertz CT molecular complexity index is 860. The molecule has 1 saturated heterocycles. The zero-order valence-electron chi connectivity index (χ0n) is 16.6. The number of rotatable bonds is 6. The van der Waals surface area contributed by atoms with E-state index in [0.717, 1.165) is 37.1 Å². The maximum Gasteiger partial charge on any atom is 0.256 e. The van der Waals surface area contributed by atoms with Crippen LogP contribution in [-0.2, 0) is 11.2 Å². The van der Waals surface area contributed by atoms with Crippen molar-refractivity contribution in [3.63, 3.8) is 0 Å². The quantitative estimate of drug-likeness (QED) is 0.757. The summed E-state index contributed by atoms with van der Waals surface area (Å²) in [5.74, 6) is -2.31. The third-order valence-corrected chi connectivity index (χ3v) is 5.35. The van der Waals surface area contributed by atoms with Gasteiger partial charge in [-0.1, -0.05) is 25.5 Å². The van der Waals surface area contributed by atoms with Crippen LogP contribution in [0.1, 0.15) is 48.5 Å². The van der Waals surface area contributed by atoms with Crippen LogP contribution in [0.5, 0.6) is 0 Å². The topological polar surface area (TPSA) is 49.4 Å². The molecule has 0 spiro atoms. The Morgan fingerprint density at radius 3 is 2.38 bits per heavy atom. The van der Waals surface area contributed by atoms with Crippen LogP contribution in [0.2, 0.25) is 0 Å². The molecule has 0 radical (unpaired) electrons. The Labute approximate surface area is 169 Å². The number of hydrogen-bond acceptors (Lipinski definition) is 2. The molecule has 4 nitrogen and oxygen atoms in total. The molecule has 0 aromatic heterocycles. The monoisotopic (exact) mass is 400 g/mol. The fraction of sp³-hybridized carbons (Fsp3) is 0.391. The predicted molar refractivity (Wildman–Crippen MR) is 109 cm³/mol. The van der Waals surface area contributed by atoms with E-state index in [-0.39, 0.29) is 17.4 Å². The lowest BCUT2D eigenvalue weighted by molar-refractivity contribution is -0.121. The van der Waals surface area contributed by atoms with E-state index in [1.165, 1.54) is 10.5 Å². The summed E-state index contributed by atoms with van der Waals surface area (Å²) in [5.41, 5.74) is 1.88. The Balaban J connectivity index is 1.52. The van der Waals surface area contributed by atoms with Gasteiger partial charge in [0.15, 0.2) is 0 Å². The van der Waals surface area contributed by atoms with E-state index in [1.807, 2.05) is 24.3 Å². The largest absolute Gasteiger partial charge is 0.339 e. The average Bonchev–Trinajstić information content (AvgIpc) is 2.73. The van der Waals surface area contributed by atoms with Crippen LogP contribution in [0.15, 0.2) is 42.5 Å². The third-order valence-electron chi connectivity index (χ3n) is 5.35. The number of anilines is 1. The van der Waals surface area contributed by atoms with Gasteiger partial charge in [0.1, 0.15) is 11.6 Å². The number of halogens is 2. The van der Waals surface area contributed by atoms with E-state index in [0.29, 0.717) is 32.0 Å². The van der Waals surface area contributed by atoms with Crippen molar-refractivity contribution in [3.8, 4) is 0 Å². The summed E-state index contributed by atoms with van der Waals surface area (Å²) in [7, 11) is 0. The first kappa shape index (κ1) is 21.0. The van der Waals surface area contributed by atoms with E-state index in [1.54, 1.807) is 0 Å². The number of benzene rings is 2. The molecule has 1 aliphatic heterocycles. The number of unbranched alkanes of at least 4 members (excludes halogenated alkanes) is 1. The highest BCUT2D eigenvalue weighted by atomic mass is 19.1. The van der Waals surface area contributed by atoms with Crippen molar-refractivity contribution < 1.29 is 18.4 Å². The lowest BCUT2D eigenvalue weighted by Crippen LogP contribution is -2.41. The Hall–Kier alpha value is -2.76. The zero-order valence-corrected chi connectivity index (χ0v) is 16.6. The van der Waals surface area contributed by atoms with Gasteiger partial charge < -0.3 is 10.2 Å². The molecule has 154 valence electrons. The van der Waals surface area contributed by atoms with Gasteiger partial charge in [0.2, 0.25) is 5.91 Å². The van der Waals surface area contributed by atoms with Crippen molar-refractivity contribution >= 4 is 17.5 Å². The van der Waals surface area contributed by atoms with E-state index in [2.05, 4.69) is 12.2 Å². The molecule has 2 aromatic rings. The standard InChI is InChI=1S/C23H26F2N2O2/c1-2-3-4-16-5-8-19(9-6-16)26-22(28)17-11-13-27(14-12-17)23(29)20-10-7-18(24)15-21(20)25/h5-10,15,17H,2-4,11-14H2,1H3,(H,26,28). The summed E-state index contributed by atoms with van der Waals surface area (Å²) in [6, 6.07) is 10.8. The Kier molecular flexibility index (Phi) is 6.96. The van der Waals surface area contributed by atoms with Crippen LogP contribution in [-0.4, -0.2) is 29.8 Å². The normalized spacial score (nSPS) is 14.7. The maximum atomic E-state index is 13.8. The van der Waals surface area contributed by atoms with Gasteiger partial charge in [-0.15, -0.1) is 0 Å². The molecule has 0 aliphatic carbocycles. The second-order valence-corrected chi connectivity index (χ2v) is 7.48. The first-order chi connectivity index (χ1) is 14.0. The van der Waals surface area contributed by atoms with Gasteiger partial charge in [-0.2, -0.15) is 0 Å². The minimum atomic E-state index is -0.864. The van der Waals surface area contributed by atoms with E-state index < -0.39 is 17.5 Å². The predicted octanol–water partition coefficient (Wildman–Crippen LogP) is 4.80. The first-order valence-electron chi connectivity index (χ1n) is 10.1. The first-order valence-corrected chi connectivity index (χ1v) is 10.1. The molecule has 0 unspecified atom stereocenters. The number of nitrogens with zero attached hydrogens (tertiary/aromatic N) is 1. The molecule has 29 heavy (non-hydrogen) atoms. The lowest BCUT2D eigenvalue weighted by atomic mass is 9.95. The molecular weight excluding hydrogens is 374 g/mol. The van der Waals surface area contributed by atoms with Gasteiger partial charge >= 0.3 is 0 Å². The SMILES string of the molecule is CCCCc1ccc(NC(=O)C2CCN(C(=O)c3ccc(F)cc3F)CC2)cc1. The minimum Gasteiger partial charge on any atom is -0.339 e. The van der Waals surface area contributed by atoms with Gasteiger partial charge in [-0.05, 0) is 55.5 Å². The van der Waals surface area contributed by atoms with Gasteiger partial charge in [-0.3, -0.25) is 9.59 Å². The molecule has 1 N–H and O–H groups in total. The van der Waals surface area contributed by atoms with Crippen molar-refractivity contribution in [2.45, 2.75) is 39.0 Å². The van der Waals surface area contributed by atoms with E-state index >= 15 is 0 Å². The zero-order chi connectivity index (χ0) is 20.8. The highest BCUT2D eigenvalue weighted by molar-refractivity contribution is 5.95. The smallest absolute Gasteiger partial charge is 0.256 e. The van der Waals surface area contributed by atoms with Crippen LogP contribution in [0, 0.1) is 17.6 Å². The minimum absolute atomic E-state index is 0.0635. The molecular formula is C23H26F2N2O2. The van der Waals surface area contributed by atoms with Gasteiger partial charge in [0.05, 0.1) is 5.56 Å². The van der Waals surface area contributed by atoms with Crippen molar-refractivity contribution in [2.24, 2.45) is 5.92 Å². The highest BCUT2D eigenvalue weighted by Gasteiger charge is 2.29. The summed E-state index contributed by atoms with van der Waals surface area (Å²) < 4.78 is 26.9. The summed E-state index contributed by atoms with van der Waals surface area (Å²) in [6.07, 6.45) is 4.34. The lowest BCUT2D eigenvalue weighted by Gasteiger charge is -2.31. The van der Waals surface area contributed by atoms with Crippen LogP contribution >= 0.6 is 0 Å². The van der Waals surface area contributed by atoms with E-state index in [9.17, 15) is 18.4 Å². The molecule has 0 bridgehead atoms. The number of hydrogen-bond donors (Lipinski definition) is 1. The Morgan fingerprint density at radius 1 is 1.07 bits per heavy atom. The number of nitrogens with one attached hydrogen (secondary N) is 1. The molecule has 3 rings (SSSR count). The number of carbonyl (C=O) groups is 2. The van der Waals surface area contributed by atoms with Crippen molar-refractivity contribution in [3.05, 3.63) is 65.2 Å². The van der Waals surface area contributed by atoms with Gasteiger partial charge in [0, 0.05) is 30.8 Å². The van der Waals surface area contributed by atoms with Gasteiger partial charge in [0.25, 0.3) is 5.91 Å². The second-order valence-electron chi connectivity index (χ2n) is 7.48. The summed E-state index contributed by atoms with van der Waals surface area (Å²) in [4.78, 5) is 26.5. The second kappa shape index (κ2) is 9.63. The number of piperidine rings is 1. The Morgan fingerprint density at radius 2 is 1.76 bits per heavy atom. The number of carbonyl (C=O) groups excluding carboxylic acids is 2. The molecule has 1 heterocycles. The van der Waals surface area contributed by atoms with Crippen molar-refractivity contribution in [2.75, 3.05) is 18.4 Å². The molecule has 1 fully saturated rings. The number of aryl methyl sites for hydroxylation is 1.